The van der Waals surface area contributed by atoms with Crippen LogP contribution >= 0.6 is 12.6 Å². The maximum atomic E-state index is 10.4. The van der Waals surface area contributed by atoms with E-state index in [9.17, 15) is 4.79 Å². The minimum absolute atomic E-state index is 0.260. The van der Waals surface area contributed by atoms with Gasteiger partial charge in [0.2, 0.25) is 0 Å². The second-order valence-corrected chi connectivity index (χ2v) is 4.14. The monoisotopic (exact) mass is 205 g/mol. The van der Waals surface area contributed by atoms with Gasteiger partial charge in [-0.15, -0.1) is 0 Å². The molecule has 0 aromatic heterocycles. The molecule has 3 N–H and O–H groups in total. The van der Waals surface area contributed by atoms with E-state index in [0.717, 1.165) is 12.8 Å². The van der Waals surface area contributed by atoms with E-state index in [1.165, 1.54) is 0 Å². The van der Waals surface area contributed by atoms with Crippen molar-refractivity contribution in [2.45, 2.75) is 44.4 Å². The molecule has 4 heteroatoms. The summed E-state index contributed by atoms with van der Waals surface area (Å²) in [6.45, 7) is 4.22. The Morgan fingerprint density at radius 1 is 1.54 bits per heavy atom. The maximum absolute atomic E-state index is 10.4. The van der Waals surface area contributed by atoms with Gasteiger partial charge < -0.3 is 10.8 Å². The Morgan fingerprint density at radius 2 is 2.08 bits per heavy atom. The van der Waals surface area contributed by atoms with E-state index >= 15 is 0 Å². The zero-order chi connectivity index (χ0) is 10.4. The van der Waals surface area contributed by atoms with Crippen LogP contribution in [-0.2, 0) is 4.79 Å². The molecule has 78 valence electrons. The average molecular weight is 205 g/mol. The molecule has 0 spiro atoms. The van der Waals surface area contributed by atoms with Gasteiger partial charge in [-0.1, -0.05) is 20.3 Å². The van der Waals surface area contributed by atoms with Gasteiger partial charge in [0.05, 0.1) is 0 Å². The Hall–Kier alpha value is -0.220. The van der Waals surface area contributed by atoms with E-state index < -0.39 is 12.0 Å². The van der Waals surface area contributed by atoms with Gasteiger partial charge in [0.25, 0.3) is 0 Å². The van der Waals surface area contributed by atoms with E-state index in [4.69, 9.17) is 10.8 Å². The molecule has 0 aromatic carbocycles. The summed E-state index contributed by atoms with van der Waals surface area (Å²) in [6.07, 6.45) is 2.34. The molecular formula is C9H19NO2S. The fraction of sp³-hybridized carbons (Fsp3) is 0.889. The largest absolute Gasteiger partial charge is 0.480 e. The molecular weight excluding hydrogens is 186 g/mol. The molecule has 0 bridgehead atoms. The third kappa shape index (κ3) is 5.16. The van der Waals surface area contributed by atoms with E-state index in [-0.39, 0.29) is 5.25 Å². The standard InChI is InChI=1S/C9H19NO2S/c1-3-6(2)8(13)5-4-7(10)9(11)12/h6-8,13H,3-5,10H2,1-2H3,(H,11,12). The summed E-state index contributed by atoms with van der Waals surface area (Å²) in [5, 5.41) is 8.80. The second-order valence-electron chi connectivity index (χ2n) is 3.47. The fourth-order valence-electron chi connectivity index (χ4n) is 1.03. The van der Waals surface area contributed by atoms with E-state index in [2.05, 4.69) is 26.5 Å². The molecule has 0 aliphatic heterocycles. The first-order chi connectivity index (χ1) is 5.99. The molecule has 3 nitrogen and oxygen atoms in total. The predicted octanol–water partition coefficient (Wildman–Crippen LogP) is 1.52. The number of carboxylic acids is 1. The van der Waals surface area contributed by atoms with Crippen molar-refractivity contribution in [1.29, 1.82) is 0 Å². The van der Waals surface area contributed by atoms with Gasteiger partial charge in [-0.05, 0) is 18.8 Å². The zero-order valence-electron chi connectivity index (χ0n) is 8.23. The van der Waals surface area contributed by atoms with Crippen molar-refractivity contribution in [3.8, 4) is 0 Å². The molecule has 3 unspecified atom stereocenters. The summed E-state index contributed by atoms with van der Waals surface area (Å²) in [6, 6.07) is -0.737. The number of aliphatic carboxylic acids is 1. The van der Waals surface area contributed by atoms with Crippen LogP contribution in [0.2, 0.25) is 0 Å². The average Bonchev–Trinajstić information content (AvgIpc) is 2.11. The normalized spacial score (nSPS) is 17.8. The first-order valence-electron chi connectivity index (χ1n) is 4.65. The zero-order valence-corrected chi connectivity index (χ0v) is 9.13. The predicted molar refractivity (Wildman–Crippen MR) is 57.1 cm³/mol. The molecule has 0 fully saturated rings. The Labute approximate surface area is 85.1 Å². The molecule has 13 heavy (non-hydrogen) atoms. The molecule has 0 heterocycles. The van der Waals surface area contributed by atoms with Crippen LogP contribution in [0.1, 0.15) is 33.1 Å². The first kappa shape index (κ1) is 12.8. The highest BCUT2D eigenvalue weighted by Gasteiger charge is 2.16. The van der Waals surface area contributed by atoms with Gasteiger partial charge in [-0.25, -0.2) is 0 Å². The number of thiol groups is 1. The van der Waals surface area contributed by atoms with E-state index in [1.807, 2.05) is 0 Å². The quantitative estimate of drug-likeness (QED) is 0.576. The van der Waals surface area contributed by atoms with Crippen molar-refractivity contribution in [2.75, 3.05) is 0 Å². The van der Waals surface area contributed by atoms with Gasteiger partial charge in [0.15, 0.2) is 0 Å². The molecule has 3 atom stereocenters. The lowest BCUT2D eigenvalue weighted by molar-refractivity contribution is -0.138. The van der Waals surface area contributed by atoms with Crippen molar-refractivity contribution in [1.82, 2.24) is 0 Å². The highest BCUT2D eigenvalue weighted by Crippen LogP contribution is 2.18. The number of hydrogen-bond donors (Lipinski definition) is 3. The van der Waals surface area contributed by atoms with Crippen LogP contribution in [0.25, 0.3) is 0 Å². The first-order valence-corrected chi connectivity index (χ1v) is 5.17. The molecule has 0 aliphatic carbocycles. The van der Waals surface area contributed by atoms with Crippen molar-refractivity contribution >= 4 is 18.6 Å². The van der Waals surface area contributed by atoms with Crippen LogP contribution in [0.15, 0.2) is 0 Å². The lowest BCUT2D eigenvalue weighted by Gasteiger charge is -2.18. The van der Waals surface area contributed by atoms with Gasteiger partial charge >= 0.3 is 5.97 Å². The number of nitrogens with two attached hydrogens (primary N) is 1. The smallest absolute Gasteiger partial charge is 0.320 e. The number of carboxylic acid groups (broad SMARTS) is 1. The molecule has 0 rings (SSSR count). The van der Waals surface area contributed by atoms with Crippen LogP contribution in [0.5, 0.6) is 0 Å². The highest BCUT2D eigenvalue weighted by molar-refractivity contribution is 7.81. The maximum Gasteiger partial charge on any atom is 0.320 e. The Balaban J connectivity index is 3.69. The summed E-state index contributed by atoms with van der Waals surface area (Å²) >= 11 is 4.40. The molecule has 0 saturated heterocycles. The third-order valence-corrected chi connectivity index (χ3v) is 3.16. The second kappa shape index (κ2) is 6.27. The number of carbonyl (C=O) groups is 1. The molecule has 0 saturated carbocycles. The summed E-state index contributed by atoms with van der Waals surface area (Å²) in [5.74, 6) is -0.408. The van der Waals surface area contributed by atoms with Crippen LogP contribution in [-0.4, -0.2) is 22.4 Å². The van der Waals surface area contributed by atoms with Crippen LogP contribution in [0.4, 0.5) is 0 Å². The van der Waals surface area contributed by atoms with Crippen LogP contribution in [0.3, 0.4) is 0 Å². The topological polar surface area (TPSA) is 63.3 Å². The summed E-state index contributed by atoms with van der Waals surface area (Å²) in [7, 11) is 0. The van der Waals surface area contributed by atoms with Crippen LogP contribution < -0.4 is 5.73 Å². The Morgan fingerprint density at radius 3 is 2.46 bits per heavy atom. The summed E-state index contributed by atoms with van der Waals surface area (Å²) < 4.78 is 0. The van der Waals surface area contributed by atoms with Crippen molar-refractivity contribution in [3.05, 3.63) is 0 Å². The van der Waals surface area contributed by atoms with Crippen molar-refractivity contribution in [3.63, 3.8) is 0 Å². The number of rotatable bonds is 6. The van der Waals surface area contributed by atoms with Gasteiger partial charge in [0.1, 0.15) is 6.04 Å². The van der Waals surface area contributed by atoms with Gasteiger partial charge in [-0.3, -0.25) is 4.79 Å². The third-order valence-electron chi connectivity index (χ3n) is 2.39. The lowest BCUT2D eigenvalue weighted by Crippen LogP contribution is -2.31. The molecule has 0 aliphatic rings. The fourth-order valence-corrected chi connectivity index (χ4v) is 1.39. The minimum Gasteiger partial charge on any atom is -0.480 e. The van der Waals surface area contributed by atoms with Crippen molar-refractivity contribution in [2.24, 2.45) is 11.7 Å². The molecule has 0 amide bonds. The number of hydrogen-bond acceptors (Lipinski definition) is 3. The summed E-state index contributed by atoms with van der Waals surface area (Å²) in [4.78, 5) is 10.4. The van der Waals surface area contributed by atoms with Gasteiger partial charge in [-0.2, -0.15) is 12.6 Å². The van der Waals surface area contributed by atoms with E-state index in [1.54, 1.807) is 0 Å². The minimum atomic E-state index is -0.926. The molecule has 0 radical (unpaired) electrons. The Kier molecular flexibility index (Phi) is 6.16. The SMILES string of the molecule is CCC(C)C(S)CCC(N)C(=O)O. The van der Waals surface area contributed by atoms with Crippen molar-refractivity contribution < 1.29 is 9.90 Å². The Bertz CT molecular complexity index is 164. The van der Waals surface area contributed by atoms with Gasteiger partial charge in [0, 0.05) is 5.25 Å². The van der Waals surface area contributed by atoms with E-state index in [0.29, 0.717) is 12.3 Å². The molecule has 0 aromatic rings. The van der Waals surface area contributed by atoms with Crippen LogP contribution in [0, 0.1) is 5.92 Å². The highest BCUT2D eigenvalue weighted by atomic mass is 32.1. The lowest BCUT2D eigenvalue weighted by atomic mass is 9.99. The summed E-state index contributed by atoms with van der Waals surface area (Å²) in [5.41, 5.74) is 5.37.